The van der Waals surface area contributed by atoms with Crippen molar-refractivity contribution in [2.24, 2.45) is 0 Å². The molecule has 0 aliphatic heterocycles. The van der Waals surface area contributed by atoms with E-state index in [1.165, 1.54) is 7.11 Å². The Balaban J connectivity index is 0.000000337. The quantitative estimate of drug-likeness (QED) is 0.0303. The highest BCUT2D eigenvalue weighted by atomic mass is 19.2. The molecule has 0 N–H and O–H groups in total. The molecule has 1 heterocycles. The molecule has 0 aliphatic rings. The highest BCUT2D eigenvalue weighted by Gasteiger charge is 2.52. The third-order valence-corrected chi connectivity index (χ3v) is 9.44. The highest BCUT2D eigenvalue weighted by Crippen LogP contribution is 2.31. The maximum atomic E-state index is 15.4. The van der Waals surface area contributed by atoms with E-state index in [4.69, 9.17) is 0 Å². The normalized spacial score (nSPS) is 11.4. The van der Waals surface area contributed by atoms with E-state index in [9.17, 15) is 62.3 Å². The van der Waals surface area contributed by atoms with Gasteiger partial charge in [-0.2, -0.15) is 4.57 Å². The average Bonchev–Trinajstić information content (AvgIpc) is 3.29. The topological polar surface area (TPSA) is 47.3 Å². The zero-order valence-electron chi connectivity index (χ0n) is 30.7. The maximum Gasteiger partial charge on any atom is 0.338 e. The van der Waals surface area contributed by atoms with E-state index in [1.54, 1.807) is 41.2 Å². The van der Waals surface area contributed by atoms with Crippen LogP contribution in [0.1, 0.15) is 20.7 Å². The number of aromatic nitrogens is 1. The number of methoxy groups -OCH3 is 1. The molecule has 5 aromatic carbocycles. The first-order valence-corrected chi connectivity index (χ1v) is 16.8. The van der Waals surface area contributed by atoms with Crippen molar-refractivity contribution in [2.75, 3.05) is 7.11 Å². The van der Waals surface area contributed by atoms with Crippen LogP contribution in [0.15, 0.2) is 54.9 Å². The number of carbonyl (C=O) groups excluding carboxylic acids is 2. The van der Waals surface area contributed by atoms with E-state index in [1.807, 2.05) is 18.2 Å². The summed E-state index contributed by atoms with van der Waals surface area (Å²) in [6, 6.07) is 12.2. The number of Topliss-reactive ketones (excluding diaryl/α,β-unsaturated/α-hetero) is 1. The Morgan fingerprint density at radius 1 is 0.391 bits per heavy atom. The van der Waals surface area contributed by atoms with Crippen LogP contribution in [0.5, 0.6) is 0 Å². The second kappa shape index (κ2) is 18.0. The maximum absolute atomic E-state index is 15.4. The zero-order valence-corrected chi connectivity index (χ0v) is 30.7. The smallest absolute Gasteiger partial charge is 0.338 e. The number of ether oxygens (including phenoxy) is 1. The van der Waals surface area contributed by atoms with Gasteiger partial charge in [-0.3, -0.25) is 4.79 Å². The van der Waals surface area contributed by atoms with Crippen molar-refractivity contribution in [1.82, 2.24) is 0 Å². The Morgan fingerprint density at radius 3 is 0.906 bits per heavy atom. The molecule has 0 saturated carbocycles. The Hall–Kier alpha value is -6.95. The summed E-state index contributed by atoms with van der Waals surface area (Å²) in [7, 11) is 1.30. The van der Waals surface area contributed by atoms with Crippen LogP contribution in [0.2, 0.25) is 0 Å². The van der Waals surface area contributed by atoms with Gasteiger partial charge < -0.3 is 4.74 Å². The standard InChI is InChI=1S/C24BF20.C15H14NO3/c26-5-1(6(27)14(35)21(42)13(5)34)25(2-7(28)15(36)22(43)16(37)8(2)29,3-9(30)17(38)23(44)18(39)10(3)31)4-11(32)19(40)24(45)20(41)12(4)33;1-19-15(18)13-8-4-3-7-12(13)14(17)11-16-9-5-2-6-10-16/h;2-10H,11H2,1H3/q-1;+1. The minimum Gasteiger partial charge on any atom is -0.465 e. The fourth-order valence-electron chi connectivity index (χ4n) is 6.68. The molecule has 0 radical (unpaired) electrons. The zero-order chi connectivity index (χ0) is 48.0. The molecule has 1 aromatic heterocycles. The number of halogens is 20. The molecule has 6 rings (SSSR count). The van der Waals surface area contributed by atoms with E-state index >= 15 is 35.1 Å². The fraction of sp³-hybridized carbons (Fsp3) is 0.0513. The Morgan fingerprint density at radius 2 is 0.641 bits per heavy atom. The SMILES string of the molecule is COC(=O)c1ccccc1C(=O)C[n+]1ccccc1.Fc1c(F)c(F)c([B-](c2c(F)c(F)c(F)c(F)c2F)(c2c(F)c(F)c(F)c(F)c2F)c2c(F)c(F)c(F)c(F)c2F)c(F)c1F. The van der Waals surface area contributed by atoms with Gasteiger partial charge in [0.2, 0.25) is 12.3 Å². The number of carbonyl (C=O) groups is 2. The van der Waals surface area contributed by atoms with Gasteiger partial charge in [0.05, 0.1) is 12.7 Å². The first-order valence-electron chi connectivity index (χ1n) is 16.8. The molecule has 0 amide bonds. The molecule has 4 nitrogen and oxygen atoms in total. The van der Waals surface area contributed by atoms with Crippen LogP contribution in [0.25, 0.3) is 0 Å². The molecule has 336 valence electrons. The summed E-state index contributed by atoms with van der Waals surface area (Å²) in [6.45, 7) is 0.189. The minimum absolute atomic E-state index is 0.128. The van der Waals surface area contributed by atoms with Crippen LogP contribution < -0.4 is 26.4 Å². The lowest BCUT2D eigenvalue weighted by Gasteiger charge is -2.44. The van der Waals surface area contributed by atoms with Crippen molar-refractivity contribution in [1.29, 1.82) is 0 Å². The lowest BCUT2D eigenvalue weighted by molar-refractivity contribution is -0.683. The third-order valence-electron chi connectivity index (χ3n) is 9.44. The van der Waals surface area contributed by atoms with Crippen molar-refractivity contribution in [2.45, 2.75) is 6.54 Å². The summed E-state index contributed by atoms with van der Waals surface area (Å²) in [5.41, 5.74) is -13.7. The monoisotopic (exact) mass is 935 g/mol. The fourth-order valence-corrected chi connectivity index (χ4v) is 6.68. The number of esters is 1. The van der Waals surface area contributed by atoms with Crippen molar-refractivity contribution in [3.63, 3.8) is 0 Å². The number of hydrogen-bond donors (Lipinski definition) is 0. The van der Waals surface area contributed by atoms with Crippen LogP contribution in [0.3, 0.4) is 0 Å². The lowest BCUT2D eigenvalue weighted by atomic mass is 9.12. The van der Waals surface area contributed by atoms with Gasteiger partial charge in [-0.15, -0.1) is 21.9 Å². The Labute approximate surface area is 342 Å². The largest absolute Gasteiger partial charge is 0.465 e. The summed E-state index contributed by atoms with van der Waals surface area (Å²) in [6.07, 6.45) is -3.61. The molecule has 0 fully saturated rings. The van der Waals surface area contributed by atoms with E-state index < -0.39 is 150 Å². The number of hydrogen-bond acceptors (Lipinski definition) is 3. The summed E-state index contributed by atoms with van der Waals surface area (Å²) in [5.74, 6) is -72.0. The van der Waals surface area contributed by atoms with Crippen LogP contribution in [-0.4, -0.2) is 25.0 Å². The molecule has 0 aliphatic carbocycles. The Kier molecular flexibility index (Phi) is 13.6. The van der Waals surface area contributed by atoms with Crippen LogP contribution in [0, 0.1) is 116 Å². The van der Waals surface area contributed by atoms with Crippen molar-refractivity contribution in [3.8, 4) is 0 Å². The number of benzene rings is 5. The third kappa shape index (κ3) is 7.54. The van der Waals surface area contributed by atoms with Gasteiger partial charge in [0, 0.05) is 17.7 Å². The summed E-state index contributed by atoms with van der Waals surface area (Å²) in [5, 5.41) is 0. The second-order valence-electron chi connectivity index (χ2n) is 12.8. The molecule has 64 heavy (non-hydrogen) atoms. The highest BCUT2D eigenvalue weighted by molar-refractivity contribution is 7.20. The number of pyridine rings is 1. The van der Waals surface area contributed by atoms with Crippen molar-refractivity contribution < 1.29 is 107 Å². The van der Waals surface area contributed by atoms with Gasteiger partial charge in [-0.25, -0.2) is 92.6 Å². The predicted molar refractivity (Wildman–Crippen MR) is 178 cm³/mol. The van der Waals surface area contributed by atoms with Gasteiger partial charge in [0.1, 0.15) is 52.7 Å². The molecule has 6 aromatic rings. The summed E-state index contributed by atoms with van der Waals surface area (Å²) < 4.78 is 300. The van der Waals surface area contributed by atoms with E-state index in [0.29, 0.717) is 11.1 Å². The summed E-state index contributed by atoms with van der Waals surface area (Å²) in [4.78, 5) is 23.8. The van der Waals surface area contributed by atoms with Crippen molar-refractivity contribution >= 4 is 39.7 Å². The minimum atomic E-state index is -7.22. The van der Waals surface area contributed by atoms with Gasteiger partial charge in [-0.1, -0.05) is 24.3 Å². The second-order valence-corrected chi connectivity index (χ2v) is 12.8. The molecular weight excluding hydrogens is 921 g/mol. The van der Waals surface area contributed by atoms with Gasteiger partial charge in [0.15, 0.2) is 82.2 Å². The molecule has 0 bridgehead atoms. The molecule has 0 spiro atoms. The van der Waals surface area contributed by atoms with E-state index in [2.05, 4.69) is 4.74 Å². The lowest BCUT2D eigenvalue weighted by Crippen LogP contribution is -2.81. The van der Waals surface area contributed by atoms with Gasteiger partial charge in [0.25, 0.3) is 0 Å². The first kappa shape index (κ1) is 48.1. The van der Waals surface area contributed by atoms with Crippen LogP contribution >= 0.6 is 0 Å². The Bertz CT molecular complexity index is 2510. The molecule has 0 saturated heterocycles. The van der Waals surface area contributed by atoms with E-state index in [-0.39, 0.29) is 12.3 Å². The molecule has 25 heteroatoms. The molecular formula is C39H14BF20NO3. The van der Waals surface area contributed by atoms with E-state index in [0.717, 1.165) is 0 Å². The van der Waals surface area contributed by atoms with Gasteiger partial charge in [-0.05, 0) is 6.07 Å². The number of ketones is 1. The number of nitrogens with zero attached hydrogens (tertiary/aromatic N) is 1. The van der Waals surface area contributed by atoms with Crippen LogP contribution in [-0.2, 0) is 11.3 Å². The predicted octanol–water partition coefficient (Wildman–Crippen LogP) is 7.49. The van der Waals surface area contributed by atoms with Crippen LogP contribution in [0.4, 0.5) is 87.8 Å². The summed E-state index contributed by atoms with van der Waals surface area (Å²) >= 11 is 0. The molecule has 0 unspecified atom stereocenters. The van der Waals surface area contributed by atoms with Crippen molar-refractivity contribution in [3.05, 3.63) is 182 Å². The average molecular weight is 935 g/mol. The number of rotatable bonds is 8. The first-order chi connectivity index (χ1) is 29.9. The van der Waals surface area contributed by atoms with Gasteiger partial charge >= 0.3 is 5.97 Å². The molecule has 0 atom stereocenters.